The second kappa shape index (κ2) is 6.24. The summed E-state index contributed by atoms with van der Waals surface area (Å²) in [6, 6.07) is 8.51. The molecule has 0 aliphatic carbocycles. The molecule has 1 aromatic heterocycles. The first kappa shape index (κ1) is 14.1. The lowest BCUT2D eigenvalue weighted by molar-refractivity contribution is 0.619. The number of nitrogens with one attached hydrogen (secondary N) is 1. The molecule has 0 fully saturated rings. The second-order valence-corrected chi connectivity index (χ2v) is 5.47. The molecule has 0 amide bonds. The van der Waals surface area contributed by atoms with Crippen molar-refractivity contribution in [2.75, 3.05) is 5.32 Å². The van der Waals surface area contributed by atoms with Gasteiger partial charge in [0.25, 0.3) is 0 Å². The van der Waals surface area contributed by atoms with Gasteiger partial charge in [0.05, 0.1) is 17.9 Å². The van der Waals surface area contributed by atoms with Crippen LogP contribution in [-0.4, -0.2) is 9.78 Å². The third kappa shape index (κ3) is 3.38. The predicted molar refractivity (Wildman–Crippen MR) is 83.5 cm³/mol. The van der Waals surface area contributed by atoms with Crippen LogP contribution >= 0.6 is 15.9 Å². The Hall–Kier alpha value is -1.29. The smallest absolute Gasteiger partial charge is 0.0625 e. The zero-order valence-corrected chi connectivity index (χ0v) is 13.3. The zero-order valence-electron chi connectivity index (χ0n) is 11.7. The predicted octanol–water partition coefficient (Wildman–Crippen LogP) is 4.15. The van der Waals surface area contributed by atoms with Crippen molar-refractivity contribution in [1.29, 1.82) is 0 Å². The van der Waals surface area contributed by atoms with Gasteiger partial charge in [0.15, 0.2) is 0 Å². The number of halogens is 1. The number of rotatable bonds is 5. The van der Waals surface area contributed by atoms with Crippen molar-refractivity contribution in [3.8, 4) is 0 Å². The van der Waals surface area contributed by atoms with Gasteiger partial charge in [-0.3, -0.25) is 4.68 Å². The van der Waals surface area contributed by atoms with Crippen molar-refractivity contribution >= 4 is 21.6 Å². The first-order chi connectivity index (χ1) is 9.13. The summed E-state index contributed by atoms with van der Waals surface area (Å²) in [5, 5.41) is 8.01. The number of nitrogens with zero attached hydrogens (tertiary/aromatic N) is 2. The van der Waals surface area contributed by atoms with E-state index in [9.17, 15) is 0 Å². The minimum atomic E-state index is 0.802. The van der Waals surface area contributed by atoms with Gasteiger partial charge < -0.3 is 5.32 Å². The molecule has 0 spiro atoms. The van der Waals surface area contributed by atoms with E-state index < -0.39 is 0 Å². The molecule has 0 bridgehead atoms. The van der Waals surface area contributed by atoms with Crippen LogP contribution in [0.1, 0.15) is 30.8 Å². The fourth-order valence-electron chi connectivity index (χ4n) is 2.00. The summed E-state index contributed by atoms with van der Waals surface area (Å²) < 4.78 is 3.20. The van der Waals surface area contributed by atoms with Gasteiger partial charge in [-0.1, -0.05) is 28.9 Å². The van der Waals surface area contributed by atoms with Gasteiger partial charge in [-0.25, -0.2) is 0 Å². The van der Waals surface area contributed by atoms with Crippen LogP contribution in [0.4, 0.5) is 5.69 Å². The van der Waals surface area contributed by atoms with Gasteiger partial charge in [0.2, 0.25) is 0 Å². The van der Waals surface area contributed by atoms with Gasteiger partial charge in [-0.05, 0) is 44.0 Å². The molecule has 0 radical (unpaired) electrons. The van der Waals surface area contributed by atoms with E-state index in [4.69, 9.17) is 0 Å². The molecular weight excluding hydrogens is 302 g/mol. The van der Waals surface area contributed by atoms with Crippen LogP contribution in [0.25, 0.3) is 0 Å². The third-order valence-electron chi connectivity index (χ3n) is 3.22. The fraction of sp³-hybridized carbons (Fsp3) is 0.400. The van der Waals surface area contributed by atoms with Crippen molar-refractivity contribution in [3.63, 3.8) is 0 Å². The minimum Gasteiger partial charge on any atom is -0.379 e. The van der Waals surface area contributed by atoms with Crippen molar-refractivity contribution in [3.05, 3.63) is 45.7 Å². The van der Waals surface area contributed by atoms with Crippen molar-refractivity contribution in [2.45, 2.75) is 40.3 Å². The molecule has 19 heavy (non-hydrogen) atoms. The molecule has 0 aliphatic rings. The minimum absolute atomic E-state index is 0.802. The average Bonchev–Trinajstić information content (AvgIpc) is 2.82. The summed E-state index contributed by atoms with van der Waals surface area (Å²) >= 11 is 3.56. The Labute approximate surface area is 123 Å². The summed E-state index contributed by atoms with van der Waals surface area (Å²) in [7, 11) is 0. The number of hydrogen-bond donors (Lipinski definition) is 1. The van der Waals surface area contributed by atoms with E-state index >= 15 is 0 Å². The van der Waals surface area contributed by atoms with Crippen LogP contribution in [0, 0.1) is 6.92 Å². The first-order valence-corrected chi connectivity index (χ1v) is 7.49. The van der Waals surface area contributed by atoms with Crippen LogP contribution in [0.3, 0.4) is 0 Å². The molecule has 0 saturated carbocycles. The van der Waals surface area contributed by atoms with Crippen LogP contribution in [0.2, 0.25) is 0 Å². The lowest BCUT2D eigenvalue weighted by Crippen LogP contribution is -2.07. The van der Waals surface area contributed by atoms with Gasteiger partial charge in [-0.2, -0.15) is 5.10 Å². The molecule has 2 rings (SSSR count). The van der Waals surface area contributed by atoms with Crippen molar-refractivity contribution in [2.24, 2.45) is 0 Å². The summed E-state index contributed by atoms with van der Waals surface area (Å²) in [5.74, 6) is 0. The number of hydrogen-bond acceptors (Lipinski definition) is 2. The summed E-state index contributed by atoms with van der Waals surface area (Å²) in [5.41, 5.74) is 4.76. The van der Waals surface area contributed by atoms with E-state index in [-0.39, 0.29) is 0 Å². The third-order valence-corrected chi connectivity index (χ3v) is 4.08. The number of aryl methyl sites for hydroxylation is 3. The molecule has 102 valence electrons. The second-order valence-electron chi connectivity index (χ2n) is 4.61. The number of aromatic nitrogens is 2. The number of anilines is 1. The van der Waals surface area contributed by atoms with Crippen LogP contribution in [0.15, 0.2) is 28.7 Å². The molecule has 3 nitrogen and oxygen atoms in total. The lowest BCUT2D eigenvalue weighted by Gasteiger charge is -2.09. The maximum atomic E-state index is 4.56. The van der Waals surface area contributed by atoms with E-state index in [0.29, 0.717) is 0 Å². The highest BCUT2D eigenvalue weighted by Gasteiger charge is 2.05. The average molecular weight is 322 g/mol. The highest BCUT2D eigenvalue weighted by Crippen LogP contribution is 2.21. The monoisotopic (exact) mass is 321 g/mol. The summed E-state index contributed by atoms with van der Waals surface area (Å²) in [4.78, 5) is 0. The van der Waals surface area contributed by atoms with Gasteiger partial charge in [-0.15, -0.1) is 0 Å². The topological polar surface area (TPSA) is 29.9 Å². The Morgan fingerprint density at radius 2 is 2.05 bits per heavy atom. The molecule has 1 N–H and O–H groups in total. The normalized spacial score (nSPS) is 10.7. The molecule has 0 unspecified atom stereocenters. The molecule has 4 heteroatoms. The fourth-order valence-corrected chi connectivity index (χ4v) is 2.38. The van der Waals surface area contributed by atoms with Crippen LogP contribution < -0.4 is 5.32 Å². The highest BCUT2D eigenvalue weighted by atomic mass is 79.9. The highest BCUT2D eigenvalue weighted by molar-refractivity contribution is 9.10. The molecule has 0 aliphatic heterocycles. The molecule has 0 atom stereocenters. The Bertz CT molecular complexity index is 561. The van der Waals surface area contributed by atoms with Crippen LogP contribution in [-0.2, 0) is 19.5 Å². The van der Waals surface area contributed by atoms with Crippen molar-refractivity contribution in [1.82, 2.24) is 9.78 Å². The van der Waals surface area contributed by atoms with Gasteiger partial charge >= 0.3 is 0 Å². The molecule has 1 heterocycles. The molecular formula is C15H20BrN3. The maximum Gasteiger partial charge on any atom is 0.0625 e. The summed E-state index contributed by atoms with van der Waals surface area (Å²) in [6.45, 7) is 8.06. The Morgan fingerprint density at radius 3 is 2.68 bits per heavy atom. The SMILES string of the molecule is CCc1cc(CNc2ccc(C)c(Br)c2)n(CC)n1. The van der Waals surface area contributed by atoms with E-state index in [1.807, 2.05) is 0 Å². The van der Waals surface area contributed by atoms with E-state index in [2.05, 4.69) is 76.1 Å². The Morgan fingerprint density at radius 1 is 1.26 bits per heavy atom. The molecule has 2 aromatic rings. The van der Waals surface area contributed by atoms with Gasteiger partial charge in [0, 0.05) is 16.7 Å². The summed E-state index contributed by atoms with van der Waals surface area (Å²) in [6.07, 6.45) is 0.982. The van der Waals surface area contributed by atoms with Crippen LogP contribution in [0.5, 0.6) is 0 Å². The largest absolute Gasteiger partial charge is 0.379 e. The Kier molecular flexibility index (Phi) is 4.64. The maximum absolute atomic E-state index is 4.56. The Balaban J connectivity index is 2.09. The molecule has 0 saturated heterocycles. The van der Waals surface area contributed by atoms with E-state index in [1.54, 1.807) is 0 Å². The number of benzene rings is 1. The quantitative estimate of drug-likeness (QED) is 0.896. The first-order valence-electron chi connectivity index (χ1n) is 6.69. The standard InChI is InChI=1S/C15H20BrN3/c1-4-12-8-14(19(5-2)18-12)10-17-13-7-6-11(3)15(16)9-13/h6-9,17H,4-5,10H2,1-3H3. The molecule has 1 aromatic carbocycles. The lowest BCUT2D eigenvalue weighted by atomic mass is 10.2. The van der Waals surface area contributed by atoms with E-state index in [1.165, 1.54) is 11.3 Å². The van der Waals surface area contributed by atoms with Gasteiger partial charge in [0.1, 0.15) is 0 Å². The zero-order chi connectivity index (χ0) is 13.8. The van der Waals surface area contributed by atoms with Crippen molar-refractivity contribution < 1.29 is 0 Å². The van der Waals surface area contributed by atoms with E-state index in [0.717, 1.165) is 35.4 Å².